The molecule has 0 atom stereocenters. The molecule has 1 rings (SSSR count). The van der Waals surface area contributed by atoms with Crippen molar-refractivity contribution >= 4 is 11.6 Å². The van der Waals surface area contributed by atoms with Gasteiger partial charge in [0.2, 0.25) is 0 Å². The minimum atomic E-state index is 0.608. The van der Waals surface area contributed by atoms with E-state index in [9.17, 15) is 0 Å². The van der Waals surface area contributed by atoms with Crippen molar-refractivity contribution in [3.05, 3.63) is 18.2 Å². The predicted octanol–water partition coefficient (Wildman–Crippen LogP) is 2.03. The molecule has 0 amide bonds. The molecule has 6 nitrogen and oxygen atoms in total. The van der Waals surface area contributed by atoms with E-state index in [2.05, 4.69) is 34.5 Å². The van der Waals surface area contributed by atoms with Gasteiger partial charge in [-0.25, -0.2) is 0 Å². The minimum Gasteiger partial charge on any atom is -0.493 e. The van der Waals surface area contributed by atoms with Crippen LogP contribution in [0.2, 0.25) is 0 Å². The number of nitrogens with zero attached hydrogens (tertiary/aromatic N) is 2. The first-order chi connectivity index (χ1) is 10.6. The molecule has 0 aromatic heterocycles. The van der Waals surface area contributed by atoms with Crippen molar-refractivity contribution in [3.63, 3.8) is 0 Å². The van der Waals surface area contributed by atoms with Gasteiger partial charge in [-0.15, -0.1) is 0 Å². The molecule has 0 heterocycles. The number of rotatable bonds is 8. The molecule has 22 heavy (non-hydrogen) atoms. The summed E-state index contributed by atoms with van der Waals surface area (Å²) >= 11 is 0. The Hall–Kier alpha value is -1.95. The molecule has 0 fully saturated rings. The molecule has 0 saturated carbocycles. The zero-order chi connectivity index (χ0) is 16.4. The summed E-state index contributed by atoms with van der Waals surface area (Å²) in [6, 6.07) is 5.73. The zero-order valence-corrected chi connectivity index (χ0v) is 14.3. The maximum absolute atomic E-state index is 5.51. The van der Waals surface area contributed by atoms with Crippen LogP contribution < -0.4 is 20.1 Å². The van der Waals surface area contributed by atoms with Gasteiger partial charge in [-0.2, -0.15) is 0 Å². The van der Waals surface area contributed by atoms with E-state index in [4.69, 9.17) is 9.47 Å². The standard InChI is InChI=1S/C16H28N4O2/c1-6-20(4)11-10-18-16(17-3)19-13-8-9-14(22-7-2)15(12-13)21-5/h8-9,12H,6-7,10-11H2,1-5H3,(H2,17,18,19). The second-order valence-corrected chi connectivity index (χ2v) is 4.82. The van der Waals surface area contributed by atoms with Gasteiger partial charge in [0.1, 0.15) is 0 Å². The number of methoxy groups -OCH3 is 1. The number of likely N-dealkylation sites (N-methyl/N-ethyl adjacent to an activating group) is 1. The monoisotopic (exact) mass is 308 g/mol. The molecule has 124 valence electrons. The smallest absolute Gasteiger partial charge is 0.195 e. The summed E-state index contributed by atoms with van der Waals surface area (Å²) in [6.07, 6.45) is 0. The van der Waals surface area contributed by atoms with Crippen LogP contribution in [0.25, 0.3) is 0 Å². The predicted molar refractivity (Wildman–Crippen MR) is 92.3 cm³/mol. The van der Waals surface area contributed by atoms with E-state index in [0.29, 0.717) is 12.4 Å². The Morgan fingerprint density at radius 1 is 1.27 bits per heavy atom. The molecule has 1 aromatic rings. The van der Waals surface area contributed by atoms with Crippen molar-refractivity contribution in [2.24, 2.45) is 4.99 Å². The first kappa shape index (κ1) is 18.1. The minimum absolute atomic E-state index is 0.608. The van der Waals surface area contributed by atoms with Gasteiger partial charge in [0.25, 0.3) is 0 Å². The molecule has 1 aromatic carbocycles. The normalized spacial score (nSPS) is 11.5. The molecule has 6 heteroatoms. The highest BCUT2D eigenvalue weighted by molar-refractivity contribution is 5.93. The van der Waals surface area contributed by atoms with Crippen LogP contribution in [0.1, 0.15) is 13.8 Å². The van der Waals surface area contributed by atoms with Crippen LogP contribution in [0.4, 0.5) is 5.69 Å². The number of hydrogen-bond donors (Lipinski definition) is 2. The fourth-order valence-electron chi connectivity index (χ4n) is 1.86. The lowest BCUT2D eigenvalue weighted by atomic mass is 10.2. The third-order valence-electron chi connectivity index (χ3n) is 3.28. The Morgan fingerprint density at radius 2 is 2.05 bits per heavy atom. The number of guanidine groups is 1. The first-order valence-corrected chi connectivity index (χ1v) is 7.61. The molecule has 0 saturated heterocycles. The van der Waals surface area contributed by atoms with E-state index in [0.717, 1.165) is 37.0 Å². The topological polar surface area (TPSA) is 58.1 Å². The summed E-state index contributed by atoms with van der Waals surface area (Å²) in [5.74, 6) is 2.17. The Morgan fingerprint density at radius 3 is 2.64 bits per heavy atom. The Labute approximate surface area is 133 Å². The van der Waals surface area contributed by atoms with E-state index < -0.39 is 0 Å². The molecular formula is C16H28N4O2. The van der Waals surface area contributed by atoms with Crippen molar-refractivity contribution in [3.8, 4) is 11.5 Å². The van der Waals surface area contributed by atoms with Gasteiger partial charge in [-0.05, 0) is 32.6 Å². The van der Waals surface area contributed by atoms with Crippen molar-refractivity contribution in [1.29, 1.82) is 0 Å². The van der Waals surface area contributed by atoms with Crippen molar-refractivity contribution in [1.82, 2.24) is 10.2 Å². The highest BCUT2D eigenvalue weighted by Crippen LogP contribution is 2.30. The third-order valence-corrected chi connectivity index (χ3v) is 3.28. The summed E-state index contributed by atoms with van der Waals surface area (Å²) in [7, 11) is 5.48. The van der Waals surface area contributed by atoms with Crippen molar-refractivity contribution in [2.45, 2.75) is 13.8 Å². The molecule has 0 aliphatic carbocycles. The average Bonchev–Trinajstić information content (AvgIpc) is 2.55. The van der Waals surface area contributed by atoms with Crippen LogP contribution in [-0.2, 0) is 0 Å². The van der Waals surface area contributed by atoms with E-state index in [-0.39, 0.29) is 0 Å². The second-order valence-electron chi connectivity index (χ2n) is 4.82. The molecule has 0 aliphatic heterocycles. The van der Waals surface area contributed by atoms with E-state index >= 15 is 0 Å². The summed E-state index contributed by atoms with van der Waals surface area (Å²) in [4.78, 5) is 6.46. The largest absolute Gasteiger partial charge is 0.493 e. The van der Waals surface area contributed by atoms with Gasteiger partial charge in [0.05, 0.1) is 13.7 Å². The quantitative estimate of drug-likeness (QED) is 0.568. The molecule has 0 radical (unpaired) electrons. The lowest BCUT2D eigenvalue weighted by Gasteiger charge is -2.17. The number of anilines is 1. The first-order valence-electron chi connectivity index (χ1n) is 7.61. The summed E-state index contributed by atoms with van der Waals surface area (Å²) in [6.45, 7) is 7.52. The number of aliphatic imine (C=N–C) groups is 1. The molecule has 0 unspecified atom stereocenters. The number of benzene rings is 1. The van der Waals surface area contributed by atoms with Crippen LogP contribution >= 0.6 is 0 Å². The fourth-order valence-corrected chi connectivity index (χ4v) is 1.86. The molecule has 0 bridgehead atoms. The van der Waals surface area contributed by atoms with E-state index in [1.807, 2.05) is 25.1 Å². The van der Waals surface area contributed by atoms with Gasteiger partial charge in [0.15, 0.2) is 17.5 Å². The fraction of sp³-hybridized carbons (Fsp3) is 0.562. The highest BCUT2D eigenvalue weighted by atomic mass is 16.5. The molecule has 0 aliphatic rings. The third kappa shape index (κ3) is 5.81. The Bertz CT molecular complexity index is 477. The van der Waals surface area contributed by atoms with Crippen molar-refractivity contribution < 1.29 is 9.47 Å². The van der Waals surface area contributed by atoms with Crippen LogP contribution in [0, 0.1) is 0 Å². The SMILES string of the molecule is CCOc1ccc(NC(=NC)NCCN(C)CC)cc1OC. The van der Waals surface area contributed by atoms with Crippen LogP contribution in [0.15, 0.2) is 23.2 Å². The highest BCUT2D eigenvalue weighted by Gasteiger charge is 2.06. The molecular weight excluding hydrogens is 280 g/mol. The Kier molecular flexibility index (Phi) is 8.14. The lowest BCUT2D eigenvalue weighted by Crippen LogP contribution is -2.36. The van der Waals surface area contributed by atoms with E-state index in [1.54, 1.807) is 14.2 Å². The zero-order valence-electron chi connectivity index (χ0n) is 14.3. The Balaban J connectivity index is 2.63. The number of ether oxygens (including phenoxy) is 2. The van der Waals surface area contributed by atoms with Gasteiger partial charge >= 0.3 is 0 Å². The second kappa shape index (κ2) is 9.89. The summed E-state index contributed by atoms with van der Waals surface area (Å²) < 4.78 is 10.9. The summed E-state index contributed by atoms with van der Waals surface area (Å²) in [5.41, 5.74) is 0.900. The average molecular weight is 308 g/mol. The maximum Gasteiger partial charge on any atom is 0.195 e. The van der Waals surface area contributed by atoms with Crippen LogP contribution in [0.5, 0.6) is 11.5 Å². The van der Waals surface area contributed by atoms with Gasteiger partial charge in [0, 0.05) is 31.9 Å². The van der Waals surface area contributed by atoms with Crippen molar-refractivity contribution in [2.75, 3.05) is 52.8 Å². The summed E-state index contributed by atoms with van der Waals surface area (Å²) in [5, 5.41) is 6.53. The van der Waals surface area contributed by atoms with Crippen LogP contribution in [-0.4, -0.2) is 58.3 Å². The van der Waals surface area contributed by atoms with Crippen LogP contribution in [0.3, 0.4) is 0 Å². The maximum atomic E-state index is 5.51. The lowest BCUT2D eigenvalue weighted by molar-refractivity contribution is 0.311. The van der Waals surface area contributed by atoms with E-state index in [1.165, 1.54) is 0 Å². The van der Waals surface area contributed by atoms with Gasteiger partial charge < -0.3 is 25.0 Å². The van der Waals surface area contributed by atoms with Gasteiger partial charge in [-0.1, -0.05) is 6.92 Å². The molecule has 0 spiro atoms. The number of hydrogen-bond acceptors (Lipinski definition) is 4. The number of nitrogens with one attached hydrogen (secondary N) is 2. The van der Waals surface area contributed by atoms with Gasteiger partial charge in [-0.3, -0.25) is 4.99 Å². The molecule has 2 N–H and O–H groups in total.